The van der Waals surface area contributed by atoms with Crippen LogP contribution < -0.4 is 25.3 Å². The maximum Gasteiger partial charge on any atom is 0.311 e. The molecule has 0 spiro atoms. The second kappa shape index (κ2) is 11.4. The van der Waals surface area contributed by atoms with Gasteiger partial charge in [0.2, 0.25) is 0 Å². The van der Waals surface area contributed by atoms with Crippen LogP contribution in [0.3, 0.4) is 0 Å². The summed E-state index contributed by atoms with van der Waals surface area (Å²) in [6.45, 7) is 0. The highest BCUT2D eigenvalue weighted by Crippen LogP contribution is 2.40. The van der Waals surface area contributed by atoms with E-state index in [1.54, 1.807) is 12.1 Å². The maximum atomic E-state index is 14.2. The van der Waals surface area contributed by atoms with Crippen LogP contribution in [0.2, 0.25) is 0 Å². The number of anilines is 3. The Morgan fingerprint density at radius 1 is 0.917 bits per heavy atom. The summed E-state index contributed by atoms with van der Waals surface area (Å²) in [4.78, 5) is 22.2. The van der Waals surface area contributed by atoms with E-state index in [0.717, 1.165) is 18.6 Å². The number of fused-ring (bicyclic) bond motifs is 1. The van der Waals surface area contributed by atoms with Gasteiger partial charge in [0.15, 0.2) is 23.1 Å². The van der Waals surface area contributed by atoms with Gasteiger partial charge in [-0.3, -0.25) is 20.1 Å². The molecule has 1 aromatic carbocycles. The molecule has 0 saturated heterocycles. The first kappa shape index (κ1) is 26.3. The van der Waals surface area contributed by atoms with Crippen LogP contribution in [0.25, 0.3) is 10.9 Å². The summed E-state index contributed by atoms with van der Waals surface area (Å²) < 4.78 is 42.3. The Morgan fingerprint density at radius 2 is 1.53 bits per heavy atom. The lowest BCUT2D eigenvalue weighted by Gasteiger charge is -2.14. The number of methoxy groups -OCH3 is 3. The minimum absolute atomic E-state index is 0.00231. The predicted octanol–water partition coefficient (Wildman–Crippen LogP) is 5.01. The maximum absolute atomic E-state index is 14.2. The second-order valence-corrected chi connectivity index (χ2v) is 7.69. The number of ether oxygens (including phenoxy) is 3. The van der Waals surface area contributed by atoms with Gasteiger partial charge in [0.1, 0.15) is 29.0 Å². The quantitative estimate of drug-likeness (QED) is 0.241. The third-order valence-electron chi connectivity index (χ3n) is 4.78. The van der Waals surface area contributed by atoms with Gasteiger partial charge < -0.3 is 25.3 Å². The summed E-state index contributed by atoms with van der Waals surface area (Å²) >= 11 is 3.34. The summed E-state index contributed by atoms with van der Waals surface area (Å²) in [5, 5.41) is 14.6. The molecule has 3 aromatic heterocycles. The smallest absolute Gasteiger partial charge is 0.311 e. The van der Waals surface area contributed by atoms with Crippen molar-refractivity contribution in [2.45, 2.75) is 0 Å². The molecule has 0 aliphatic rings. The molecule has 188 valence electrons. The van der Waals surface area contributed by atoms with Crippen molar-refractivity contribution in [2.24, 2.45) is 0 Å². The number of rotatable bonds is 6. The number of nitro groups is 1. The lowest BCUT2D eigenvalue weighted by Crippen LogP contribution is -2.03. The van der Waals surface area contributed by atoms with E-state index >= 15 is 0 Å². The van der Waals surface area contributed by atoms with Crippen molar-refractivity contribution >= 4 is 49.6 Å². The summed E-state index contributed by atoms with van der Waals surface area (Å²) in [5.41, 5.74) is 5.39. The number of hydrogen-bond donors (Lipinski definition) is 2. The monoisotopic (exact) mass is 564 g/mol. The Balaban J connectivity index is 0.000000303. The van der Waals surface area contributed by atoms with Crippen molar-refractivity contribution in [1.82, 2.24) is 15.0 Å². The van der Waals surface area contributed by atoms with Gasteiger partial charge in [-0.05, 0) is 22.0 Å². The molecule has 14 heteroatoms. The van der Waals surface area contributed by atoms with Crippen LogP contribution in [0, 0.1) is 21.7 Å². The molecule has 0 bridgehead atoms. The highest BCUT2D eigenvalue weighted by atomic mass is 79.9. The molecule has 0 atom stereocenters. The Bertz CT molecular complexity index is 1430. The molecule has 0 aliphatic heterocycles. The van der Waals surface area contributed by atoms with Gasteiger partial charge in [0, 0.05) is 11.5 Å². The fourth-order valence-corrected chi connectivity index (χ4v) is 3.52. The molecule has 3 heterocycles. The number of halogens is 3. The molecule has 3 N–H and O–H groups in total. The second-order valence-electron chi connectivity index (χ2n) is 6.84. The molecular formula is C22H19BrF2N6O5. The van der Waals surface area contributed by atoms with Crippen LogP contribution in [-0.2, 0) is 0 Å². The molecule has 0 unspecified atom stereocenters. The molecule has 0 saturated carbocycles. The largest absolute Gasteiger partial charge is 0.495 e. The third kappa shape index (κ3) is 5.49. The standard InChI is InChI=1S/C16H12BrFN4O4.C6H7FN2O/c1-25-13-4-11-8(3-9(13)17)15(12(6-20-11)22(23)24)21-16-10(18)5-19-7-14(16)26-2;1-10-5-3-9-2-4(7)6(5)8/h3-7H,1-2H3,(H,19,20,21);2-3H,1H3,(H2,8,9). The zero-order chi connectivity index (χ0) is 26.4. The molecule has 0 fully saturated rings. The van der Waals surface area contributed by atoms with Gasteiger partial charge in [-0.15, -0.1) is 0 Å². The van der Waals surface area contributed by atoms with Gasteiger partial charge in [-0.25, -0.2) is 13.8 Å². The van der Waals surface area contributed by atoms with E-state index in [1.165, 1.54) is 33.7 Å². The van der Waals surface area contributed by atoms with E-state index in [-0.39, 0.29) is 34.2 Å². The van der Waals surface area contributed by atoms with Crippen molar-refractivity contribution in [3.05, 3.63) is 69.3 Å². The van der Waals surface area contributed by atoms with E-state index in [1.807, 2.05) is 0 Å². The number of nitrogens with one attached hydrogen (secondary N) is 1. The van der Waals surface area contributed by atoms with E-state index in [0.29, 0.717) is 21.1 Å². The number of hydrogen-bond acceptors (Lipinski definition) is 10. The van der Waals surface area contributed by atoms with Crippen molar-refractivity contribution in [3.8, 4) is 17.2 Å². The van der Waals surface area contributed by atoms with Crippen molar-refractivity contribution in [3.63, 3.8) is 0 Å². The highest BCUT2D eigenvalue weighted by Gasteiger charge is 2.22. The van der Waals surface area contributed by atoms with Gasteiger partial charge >= 0.3 is 5.69 Å². The molecule has 4 aromatic rings. The van der Waals surface area contributed by atoms with E-state index in [4.69, 9.17) is 19.9 Å². The number of benzene rings is 1. The van der Waals surface area contributed by atoms with Crippen LogP contribution in [-0.4, -0.2) is 41.2 Å². The van der Waals surface area contributed by atoms with Crippen LogP contribution in [0.5, 0.6) is 17.2 Å². The summed E-state index contributed by atoms with van der Waals surface area (Å²) in [6.07, 6.45) is 5.79. The highest BCUT2D eigenvalue weighted by molar-refractivity contribution is 9.10. The first-order chi connectivity index (χ1) is 17.2. The summed E-state index contributed by atoms with van der Waals surface area (Å²) in [6, 6.07) is 3.23. The Morgan fingerprint density at radius 3 is 2.11 bits per heavy atom. The molecule has 36 heavy (non-hydrogen) atoms. The number of pyridine rings is 3. The minimum atomic E-state index is -0.712. The fraction of sp³-hybridized carbons (Fsp3) is 0.136. The average Bonchev–Trinajstić information content (AvgIpc) is 2.86. The summed E-state index contributed by atoms with van der Waals surface area (Å²) in [7, 11) is 4.25. The molecule has 0 aliphatic carbocycles. The van der Waals surface area contributed by atoms with Gasteiger partial charge in [0.05, 0.1) is 61.0 Å². The Labute approximate surface area is 211 Å². The van der Waals surface area contributed by atoms with E-state index < -0.39 is 16.6 Å². The van der Waals surface area contributed by atoms with Crippen molar-refractivity contribution < 1.29 is 27.9 Å². The SMILES string of the molecule is COc1cc2ncc([N+](=O)[O-])c(Nc3c(F)cncc3OC)c2cc1Br.COc1cncc(F)c1N. The predicted molar refractivity (Wildman–Crippen MR) is 132 cm³/mol. The lowest BCUT2D eigenvalue weighted by atomic mass is 10.1. The number of aromatic nitrogens is 3. The van der Waals surface area contributed by atoms with Crippen LogP contribution in [0.4, 0.5) is 31.5 Å². The normalized spacial score (nSPS) is 10.3. The number of nitrogens with zero attached hydrogens (tertiary/aromatic N) is 4. The zero-order valence-electron chi connectivity index (χ0n) is 19.1. The van der Waals surface area contributed by atoms with Crippen molar-refractivity contribution in [2.75, 3.05) is 32.4 Å². The Kier molecular flexibility index (Phi) is 8.32. The number of nitrogens with two attached hydrogens (primary N) is 1. The molecular weight excluding hydrogens is 546 g/mol. The van der Waals surface area contributed by atoms with E-state index in [2.05, 4.69) is 36.2 Å². The van der Waals surface area contributed by atoms with E-state index in [9.17, 15) is 18.9 Å². The topological polar surface area (TPSA) is 148 Å². The number of nitrogen functional groups attached to an aromatic ring is 1. The van der Waals surface area contributed by atoms with Crippen LogP contribution in [0.1, 0.15) is 0 Å². The van der Waals surface area contributed by atoms with Crippen LogP contribution >= 0.6 is 15.9 Å². The van der Waals surface area contributed by atoms with Crippen molar-refractivity contribution in [1.29, 1.82) is 0 Å². The fourth-order valence-electron chi connectivity index (χ4n) is 3.02. The first-order valence-electron chi connectivity index (χ1n) is 9.89. The van der Waals surface area contributed by atoms with Gasteiger partial charge in [-0.2, -0.15) is 0 Å². The average molecular weight is 565 g/mol. The van der Waals surface area contributed by atoms with Gasteiger partial charge in [-0.1, -0.05) is 0 Å². The van der Waals surface area contributed by atoms with Gasteiger partial charge in [0.25, 0.3) is 0 Å². The lowest BCUT2D eigenvalue weighted by molar-refractivity contribution is -0.384. The third-order valence-corrected chi connectivity index (χ3v) is 5.40. The molecule has 0 amide bonds. The van der Waals surface area contributed by atoms with Crippen LogP contribution in [0.15, 0.2) is 47.6 Å². The molecule has 11 nitrogen and oxygen atoms in total. The zero-order valence-corrected chi connectivity index (χ0v) is 20.7. The summed E-state index contributed by atoms with van der Waals surface area (Å²) in [5.74, 6) is -0.384. The minimum Gasteiger partial charge on any atom is -0.495 e. The molecule has 0 radical (unpaired) electrons. The Hall–Kier alpha value is -4.33. The first-order valence-corrected chi connectivity index (χ1v) is 10.7. The molecule has 4 rings (SSSR count).